The molecule has 1 aromatic carbocycles. The van der Waals surface area contributed by atoms with Gasteiger partial charge in [-0.2, -0.15) is 0 Å². The van der Waals surface area contributed by atoms with Gasteiger partial charge in [0.25, 0.3) is 0 Å². The van der Waals surface area contributed by atoms with Crippen LogP contribution in [0, 0.1) is 12.5 Å². The Hall–Kier alpha value is -2.60. The van der Waals surface area contributed by atoms with E-state index in [-0.39, 0.29) is 17.9 Å². The van der Waals surface area contributed by atoms with Crippen LogP contribution in [0.25, 0.3) is 10.9 Å². The van der Waals surface area contributed by atoms with Gasteiger partial charge in [-0.3, -0.25) is 9.59 Å². The van der Waals surface area contributed by atoms with Crippen molar-refractivity contribution in [3.63, 3.8) is 0 Å². The number of nitrogens with one attached hydrogen (secondary N) is 1. The summed E-state index contributed by atoms with van der Waals surface area (Å²) >= 11 is 0. The van der Waals surface area contributed by atoms with E-state index < -0.39 is 0 Å². The minimum absolute atomic E-state index is 0.0990. The molecule has 147 valence electrons. The van der Waals surface area contributed by atoms with Gasteiger partial charge in [-0.1, -0.05) is 18.2 Å². The number of piperidine rings is 2. The summed E-state index contributed by atoms with van der Waals surface area (Å²) in [5.74, 6) is 0.370. The van der Waals surface area contributed by atoms with Crippen LogP contribution >= 0.6 is 0 Å². The lowest BCUT2D eigenvalue weighted by Gasteiger charge is -2.42. The predicted octanol–water partition coefficient (Wildman–Crippen LogP) is 2.41. The average Bonchev–Trinajstić information content (AvgIpc) is 3.02. The van der Waals surface area contributed by atoms with Crippen molar-refractivity contribution in [3.8, 4) is 0 Å². The van der Waals surface area contributed by atoms with Crippen LogP contribution in [0.15, 0.2) is 42.6 Å². The number of aryl methyl sites for hydroxylation is 1. The van der Waals surface area contributed by atoms with E-state index in [4.69, 9.17) is 0 Å². The molecule has 3 heterocycles. The van der Waals surface area contributed by atoms with E-state index in [1.165, 1.54) is 11.5 Å². The zero-order valence-corrected chi connectivity index (χ0v) is 16.5. The summed E-state index contributed by atoms with van der Waals surface area (Å²) in [6.45, 7) is 3.50. The molecule has 2 fully saturated rings. The second-order valence-electron chi connectivity index (χ2n) is 7.74. The largest absolute Gasteiger partial charge is 0.346 e. The van der Waals surface area contributed by atoms with Gasteiger partial charge in [-0.15, -0.1) is 0 Å². The second-order valence-corrected chi connectivity index (χ2v) is 7.74. The number of carbonyl (C=O) groups excluding carboxylic acids is 2. The summed E-state index contributed by atoms with van der Waals surface area (Å²) in [4.78, 5) is 28.5. The molecule has 1 radical (unpaired) electrons. The molecule has 2 unspecified atom stereocenters. The van der Waals surface area contributed by atoms with Crippen LogP contribution in [0.4, 0.5) is 0 Å². The number of fused-ring (bicyclic) bond motifs is 2. The number of rotatable bonds is 4. The minimum atomic E-state index is -0.0990. The molecule has 2 aromatic rings. The Morgan fingerprint density at radius 2 is 2.14 bits per heavy atom. The Kier molecular flexibility index (Phi) is 5.22. The van der Waals surface area contributed by atoms with Gasteiger partial charge in [-0.05, 0) is 42.8 Å². The van der Waals surface area contributed by atoms with Crippen molar-refractivity contribution < 1.29 is 9.59 Å². The smallest absolute Gasteiger partial charge is 0.248 e. The lowest BCUT2D eigenvalue weighted by atomic mass is 9.84. The molecule has 1 aromatic heterocycles. The monoisotopic (exact) mass is 379 g/mol. The Morgan fingerprint density at radius 3 is 2.96 bits per heavy atom. The molecule has 1 N–H and O–H groups in total. The SMILES string of the molecule is CN(Cc1cc2ccccc2n1C)C(=O)/C=C/N1C(=O)CCC2[CH]NCCC21. The fraction of sp³-hybridized carbons (Fsp3) is 0.409. The summed E-state index contributed by atoms with van der Waals surface area (Å²) < 4.78 is 2.12. The van der Waals surface area contributed by atoms with Crippen molar-refractivity contribution in [3.05, 3.63) is 54.8 Å². The lowest BCUT2D eigenvalue weighted by Crippen LogP contribution is -2.51. The van der Waals surface area contributed by atoms with Crippen LogP contribution in [-0.4, -0.2) is 45.8 Å². The first kappa shape index (κ1) is 18.7. The molecule has 0 bridgehead atoms. The van der Waals surface area contributed by atoms with Gasteiger partial charge >= 0.3 is 0 Å². The molecule has 2 amide bonds. The van der Waals surface area contributed by atoms with Crippen LogP contribution in [0.5, 0.6) is 0 Å². The number of likely N-dealkylation sites (tertiary alicyclic amines) is 1. The van der Waals surface area contributed by atoms with E-state index in [0.717, 1.165) is 30.6 Å². The third-order valence-electron chi connectivity index (χ3n) is 5.95. The van der Waals surface area contributed by atoms with Crippen molar-refractivity contribution in [1.82, 2.24) is 19.7 Å². The fourth-order valence-corrected chi connectivity index (χ4v) is 4.30. The number of hydrogen-bond acceptors (Lipinski definition) is 3. The molecule has 6 nitrogen and oxygen atoms in total. The maximum Gasteiger partial charge on any atom is 0.248 e. The summed E-state index contributed by atoms with van der Waals surface area (Å²) in [6, 6.07) is 10.5. The Bertz CT molecular complexity index is 916. The van der Waals surface area contributed by atoms with E-state index in [1.807, 2.05) is 19.2 Å². The standard InChI is InChI=1S/C22H27N4O2/c1-24(15-18-13-16-5-3-4-6-19(16)25(18)2)21(27)10-12-26-20-9-11-23-14-17(20)7-8-22(26)28/h3-6,10,12-14,17,20,23H,7-9,11,15H2,1-2H3/b12-10+. The van der Waals surface area contributed by atoms with Crippen LogP contribution in [0.1, 0.15) is 25.0 Å². The molecule has 28 heavy (non-hydrogen) atoms. The maximum absolute atomic E-state index is 12.7. The zero-order chi connectivity index (χ0) is 19.7. The summed E-state index contributed by atoms with van der Waals surface area (Å²) in [5.41, 5.74) is 2.23. The Balaban J connectivity index is 1.44. The average molecular weight is 379 g/mol. The van der Waals surface area contributed by atoms with Crippen LogP contribution in [0.3, 0.4) is 0 Å². The molecule has 2 aliphatic heterocycles. The van der Waals surface area contributed by atoms with E-state index in [9.17, 15) is 9.59 Å². The number of amides is 2. The topological polar surface area (TPSA) is 57.6 Å². The van der Waals surface area contributed by atoms with Crippen LogP contribution in [-0.2, 0) is 23.2 Å². The predicted molar refractivity (Wildman–Crippen MR) is 109 cm³/mol. The quantitative estimate of drug-likeness (QED) is 0.830. The molecule has 0 spiro atoms. The minimum Gasteiger partial charge on any atom is -0.346 e. The normalized spacial score (nSPS) is 22.6. The van der Waals surface area contributed by atoms with Crippen molar-refractivity contribution >= 4 is 22.7 Å². The molecular weight excluding hydrogens is 352 g/mol. The second kappa shape index (κ2) is 7.80. The van der Waals surface area contributed by atoms with Crippen LogP contribution < -0.4 is 5.32 Å². The molecule has 0 aliphatic carbocycles. The van der Waals surface area contributed by atoms with E-state index >= 15 is 0 Å². The Labute approximate surface area is 165 Å². The number of carbonyl (C=O) groups is 2. The summed E-state index contributed by atoms with van der Waals surface area (Å²) in [5, 5.41) is 4.45. The number of aromatic nitrogens is 1. The maximum atomic E-state index is 12.7. The third kappa shape index (κ3) is 3.56. The molecule has 2 aliphatic rings. The highest BCUT2D eigenvalue weighted by Gasteiger charge is 2.36. The van der Waals surface area contributed by atoms with Crippen molar-refractivity contribution in [2.45, 2.75) is 31.8 Å². The first-order valence-electron chi connectivity index (χ1n) is 9.89. The molecular formula is C22H27N4O2. The highest BCUT2D eigenvalue weighted by Crippen LogP contribution is 2.30. The van der Waals surface area contributed by atoms with Crippen molar-refractivity contribution in [1.29, 1.82) is 0 Å². The first-order valence-corrected chi connectivity index (χ1v) is 9.89. The van der Waals surface area contributed by atoms with Crippen molar-refractivity contribution in [2.24, 2.45) is 13.0 Å². The number of hydrogen-bond donors (Lipinski definition) is 1. The molecule has 6 heteroatoms. The lowest BCUT2D eigenvalue weighted by molar-refractivity contribution is -0.135. The first-order chi connectivity index (χ1) is 13.5. The van der Waals surface area contributed by atoms with Gasteiger partial charge in [0.1, 0.15) is 0 Å². The third-order valence-corrected chi connectivity index (χ3v) is 5.95. The van der Waals surface area contributed by atoms with Crippen LogP contribution in [0.2, 0.25) is 0 Å². The summed E-state index contributed by atoms with van der Waals surface area (Å²) in [7, 11) is 3.81. The van der Waals surface area contributed by atoms with Gasteiger partial charge in [0, 0.05) is 56.6 Å². The highest BCUT2D eigenvalue weighted by atomic mass is 16.2. The zero-order valence-electron chi connectivity index (χ0n) is 16.5. The van der Waals surface area contributed by atoms with Gasteiger partial charge in [-0.25, -0.2) is 0 Å². The van der Waals surface area contributed by atoms with Gasteiger partial charge < -0.3 is 19.7 Å². The van der Waals surface area contributed by atoms with Crippen molar-refractivity contribution in [2.75, 3.05) is 13.6 Å². The number of nitrogens with zero attached hydrogens (tertiary/aromatic N) is 3. The highest BCUT2D eigenvalue weighted by molar-refractivity contribution is 5.88. The fourth-order valence-electron chi connectivity index (χ4n) is 4.30. The summed E-state index contributed by atoms with van der Waals surface area (Å²) in [6.07, 6.45) is 5.56. The number of benzene rings is 1. The number of para-hydroxylation sites is 1. The molecule has 0 saturated carbocycles. The van der Waals surface area contributed by atoms with E-state index in [1.54, 1.807) is 23.0 Å². The molecule has 2 atom stereocenters. The number of likely N-dealkylation sites (N-methyl/N-ethyl adjacent to an activating group) is 1. The van der Waals surface area contributed by atoms with E-state index in [2.05, 4.69) is 34.6 Å². The van der Waals surface area contributed by atoms with Gasteiger partial charge in [0.05, 0.1) is 6.54 Å². The van der Waals surface area contributed by atoms with Gasteiger partial charge in [0.15, 0.2) is 0 Å². The van der Waals surface area contributed by atoms with E-state index in [0.29, 0.717) is 18.9 Å². The molecule has 4 rings (SSSR count). The molecule has 2 saturated heterocycles. The van der Waals surface area contributed by atoms with Gasteiger partial charge in [0.2, 0.25) is 11.8 Å². The Morgan fingerprint density at radius 1 is 1.32 bits per heavy atom.